The number of carbonyl (C=O) groups is 3. The molecule has 1 atom stereocenters. The summed E-state index contributed by atoms with van der Waals surface area (Å²) in [5.41, 5.74) is 5.43. The van der Waals surface area contributed by atoms with Crippen LogP contribution in [0.25, 0.3) is 0 Å². The summed E-state index contributed by atoms with van der Waals surface area (Å²) in [6.07, 6.45) is 1.45. The molecule has 0 aromatic heterocycles. The van der Waals surface area contributed by atoms with Gasteiger partial charge in [-0.3, -0.25) is 14.4 Å². The van der Waals surface area contributed by atoms with Gasteiger partial charge in [-0.15, -0.1) is 0 Å². The maximum Gasteiger partial charge on any atom is 0.323 e. The van der Waals surface area contributed by atoms with Gasteiger partial charge in [-0.1, -0.05) is 0 Å². The van der Waals surface area contributed by atoms with E-state index in [2.05, 4.69) is 0 Å². The van der Waals surface area contributed by atoms with Crippen LogP contribution in [0.4, 0.5) is 0 Å². The lowest BCUT2D eigenvalue weighted by Crippen LogP contribution is -2.47. The lowest BCUT2D eigenvalue weighted by molar-refractivity contribution is -0.146. The Hall–Kier alpha value is -1.63. The van der Waals surface area contributed by atoms with E-state index in [1.54, 1.807) is 0 Å². The van der Waals surface area contributed by atoms with E-state index in [1.165, 1.54) is 0 Å². The average molecular weight is 244 g/mol. The van der Waals surface area contributed by atoms with Gasteiger partial charge in [0.05, 0.1) is 12.5 Å². The van der Waals surface area contributed by atoms with Crippen molar-refractivity contribution in [2.24, 2.45) is 11.7 Å². The predicted molar refractivity (Wildman–Crippen MR) is 57.2 cm³/mol. The van der Waals surface area contributed by atoms with Crippen molar-refractivity contribution in [1.29, 1.82) is 0 Å². The minimum absolute atomic E-state index is 0.329. The molecule has 1 aliphatic rings. The van der Waals surface area contributed by atoms with Crippen LogP contribution in [0.1, 0.15) is 19.3 Å². The molecule has 0 aliphatic heterocycles. The van der Waals surface area contributed by atoms with Gasteiger partial charge < -0.3 is 20.8 Å². The van der Waals surface area contributed by atoms with Gasteiger partial charge in [-0.2, -0.15) is 0 Å². The van der Waals surface area contributed by atoms with Gasteiger partial charge in [-0.05, 0) is 18.8 Å². The van der Waals surface area contributed by atoms with Gasteiger partial charge in [0.15, 0.2) is 0 Å². The summed E-state index contributed by atoms with van der Waals surface area (Å²) in [5.74, 6) is -2.58. The zero-order valence-electron chi connectivity index (χ0n) is 9.33. The highest BCUT2D eigenvalue weighted by Crippen LogP contribution is 2.29. The first-order valence-corrected chi connectivity index (χ1v) is 5.38. The quantitative estimate of drug-likeness (QED) is 0.534. The number of amides is 1. The van der Waals surface area contributed by atoms with E-state index in [4.69, 9.17) is 15.9 Å². The van der Waals surface area contributed by atoms with Crippen LogP contribution in [0, 0.1) is 5.92 Å². The van der Waals surface area contributed by atoms with Gasteiger partial charge in [0.2, 0.25) is 5.91 Å². The van der Waals surface area contributed by atoms with Gasteiger partial charge in [0.1, 0.15) is 6.54 Å². The van der Waals surface area contributed by atoms with Crippen LogP contribution < -0.4 is 5.73 Å². The molecule has 1 saturated carbocycles. The fourth-order valence-electron chi connectivity index (χ4n) is 1.52. The monoisotopic (exact) mass is 244 g/mol. The Balaban J connectivity index is 2.56. The van der Waals surface area contributed by atoms with E-state index in [0.29, 0.717) is 12.5 Å². The highest BCUT2D eigenvalue weighted by Gasteiger charge is 2.30. The van der Waals surface area contributed by atoms with Gasteiger partial charge in [-0.25, -0.2) is 0 Å². The summed E-state index contributed by atoms with van der Waals surface area (Å²) in [4.78, 5) is 33.9. The molecule has 0 heterocycles. The molecule has 4 N–H and O–H groups in total. The number of carboxylic acids is 2. The van der Waals surface area contributed by atoms with Crippen molar-refractivity contribution in [3.05, 3.63) is 0 Å². The molecule has 96 valence electrons. The van der Waals surface area contributed by atoms with Gasteiger partial charge >= 0.3 is 11.9 Å². The molecule has 0 radical (unpaired) electrons. The van der Waals surface area contributed by atoms with Crippen molar-refractivity contribution in [2.75, 3.05) is 13.1 Å². The normalized spacial score (nSPS) is 16.3. The molecule has 0 aromatic rings. The third kappa shape index (κ3) is 4.81. The number of hydrogen-bond donors (Lipinski definition) is 3. The Labute approximate surface area is 98.2 Å². The van der Waals surface area contributed by atoms with Crippen molar-refractivity contribution < 1.29 is 24.6 Å². The molecule has 1 fully saturated rings. The van der Waals surface area contributed by atoms with Crippen LogP contribution in [0.5, 0.6) is 0 Å². The van der Waals surface area contributed by atoms with Crippen LogP contribution in [0.2, 0.25) is 0 Å². The molecule has 1 aliphatic carbocycles. The lowest BCUT2D eigenvalue weighted by atomic mass is 10.2. The van der Waals surface area contributed by atoms with Crippen LogP contribution in [-0.4, -0.2) is 52.1 Å². The van der Waals surface area contributed by atoms with Crippen LogP contribution in [0.3, 0.4) is 0 Å². The predicted octanol–water partition coefficient (Wildman–Crippen LogP) is -0.888. The number of nitrogens with zero attached hydrogens (tertiary/aromatic N) is 1. The van der Waals surface area contributed by atoms with Crippen molar-refractivity contribution in [2.45, 2.75) is 25.3 Å². The molecule has 1 rings (SSSR count). The Morgan fingerprint density at radius 3 is 2.24 bits per heavy atom. The van der Waals surface area contributed by atoms with E-state index in [0.717, 1.165) is 17.7 Å². The summed E-state index contributed by atoms with van der Waals surface area (Å²) < 4.78 is 0. The molecule has 0 bridgehead atoms. The number of carbonyl (C=O) groups excluding carboxylic acids is 1. The first-order valence-electron chi connectivity index (χ1n) is 5.38. The third-order valence-electron chi connectivity index (χ3n) is 2.53. The Kier molecular flexibility index (Phi) is 4.45. The second kappa shape index (κ2) is 5.62. The Bertz CT molecular complexity index is 327. The van der Waals surface area contributed by atoms with Crippen LogP contribution in [0.15, 0.2) is 0 Å². The molecule has 0 saturated heterocycles. The molecule has 0 spiro atoms. The standard InChI is InChI=1S/C10H16N2O5/c11-7(3-8(13)14)10(17)12(5-9(15)16)4-6-1-2-6/h6-7H,1-5,11H2,(H,13,14)(H,15,16). The Morgan fingerprint density at radius 2 is 1.82 bits per heavy atom. The first-order chi connectivity index (χ1) is 7.90. The molecule has 7 nitrogen and oxygen atoms in total. The number of carboxylic acid groups (broad SMARTS) is 2. The maximum absolute atomic E-state index is 11.8. The number of aliphatic carboxylic acids is 2. The molecular weight excluding hydrogens is 228 g/mol. The third-order valence-corrected chi connectivity index (χ3v) is 2.53. The second-order valence-electron chi connectivity index (χ2n) is 4.26. The SMILES string of the molecule is NC(CC(=O)O)C(=O)N(CC(=O)O)CC1CC1. The maximum atomic E-state index is 11.8. The summed E-state index contributed by atoms with van der Waals surface area (Å²) in [6, 6.07) is -1.18. The fourth-order valence-corrected chi connectivity index (χ4v) is 1.52. The molecular formula is C10H16N2O5. The number of rotatable bonds is 7. The highest BCUT2D eigenvalue weighted by atomic mass is 16.4. The van der Waals surface area contributed by atoms with Crippen molar-refractivity contribution in [1.82, 2.24) is 4.90 Å². The Morgan fingerprint density at radius 1 is 1.24 bits per heavy atom. The molecule has 7 heteroatoms. The lowest BCUT2D eigenvalue weighted by Gasteiger charge is -2.23. The molecule has 1 amide bonds. The largest absolute Gasteiger partial charge is 0.481 e. The fraction of sp³-hybridized carbons (Fsp3) is 0.700. The van der Waals surface area contributed by atoms with Crippen molar-refractivity contribution >= 4 is 17.8 Å². The van der Waals surface area contributed by atoms with Crippen LogP contribution >= 0.6 is 0 Å². The van der Waals surface area contributed by atoms with E-state index in [9.17, 15) is 14.4 Å². The van der Waals surface area contributed by atoms with E-state index < -0.39 is 36.9 Å². The summed E-state index contributed by atoms with van der Waals surface area (Å²) in [7, 11) is 0. The molecule has 17 heavy (non-hydrogen) atoms. The van der Waals surface area contributed by atoms with Gasteiger partial charge in [0, 0.05) is 6.54 Å². The second-order valence-corrected chi connectivity index (χ2v) is 4.26. The molecule has 0 aromatic carbocycles. The van der Waals surface area contributed by atoms with Crippen molar-refractivity contribution in [3.8, 4) is 0 Å². The van der Waals surface area contributed by atoms with Crippen molar-refractivity contribution in [3.63, 3.8) is 0 Å². The zero-order chi connectivity index (χ0) is 13.0. The van der Waals surface area contributed by atoms with E-state index in [-0.39, 0.29) is 0 Å². The zero-order valence-corrected chi connectivity index (χ0v) is 9.33. The van der Waals surface area contributed by atoms with E-state index in [1.807, 2.05) is 0 Å². The smallest absolute Gasteiger partial charge is 0.323 e. The first kappa shape index (κ1) is 13.4. The minimum atomic E-state index is -1.18. The molecule has 1 unspecified atom stereocenters. The topological polar surface area (TPSA) is 121 Å². The number of nitrogens with two attached hydrogens (primary N) is 1. The summed E-state index contributed by atoms with van der Waals surface area (Å²) >= 11 is 0. The number of hydrogen-bond acceptors (Lipinski definition) is 4. The van der Waals surface area contributed by atoms with Crippen LogP contribution in [-0.2, 0) is 14.4 Å². The summed E-state index contributed by atoms with van der Waals surface area (Å²) in [6.45, 7) is -0.0822. The van der Waals surface area contributed by atoms with Gasteiger partial charge in [0.25, 0.3) is 0 Å². The minimum Gasteiger partial charge on any atom is -0.481 e. The highest BCUT2D eigenvalue weighted by molar-refractivity contribution is 5.88. The summed E-state index contributed by atoms with van der Waals surface area (Å²) in [5, 5.41) is 17.2. The van der Waals surface area contributed by atoms with E-state index >= 15 is 0 Å². The average Bonchev–Trinajstić information content (AvgIpc) is 2.97.